The van der Waals surface area contributed by atoms with Crippen LogP contribution in [0.2, 0.25) is 10.6 Å². The Kier molecular flexibility index (Phi) is 3.23. The Morgan fingerprint density at radius 2 is 1.48 bits per heavy atom. The summed E-state index contributed by atoms with van der Waals surface area (Å²) in [6, 6.07) is 4.56. The highest BCUT2D eigenvalue weighted by Gasteiger charge is 2.22. The molecule has 0 saturated heterocycles. The highest BCUT2D eigenvalue weighted by atomic mass is 35.5. The van der Waals surface area contributed by atoms with Crippen molar-refractivity contribution in [3.8, 4) is 11.4 Å². The predicted molar refractivity (Wildman–Crippen MR) is 68.8 cm³/mol. The maximum absolute atomic E-state index is 11.6. The molecule has 3 aromatic rings. The number of carbonyl (C=O) groups is 1. The van der Waals surface area contributed by atoms with E-state index in [-0.39, 0.29) is 27.5 Å². The first-order chi connectivity index (χ1) is 10.1. The van der Waals surface area contributed by atoms with Crippen LogP contribution in [0.4, 0.5) is 0 Å². The number of tetrazole rings is 2. The van der Waals surface area contributed by atoms with Gasteiger partial charge in [-0.15, -0.1) is 0 Å². The Morgan fingerprint density at radius 1 is 1.00 bits per heavy atom. The van der Waals surface area contributed by atoms with Gasteiger partial charge in [0.25, 0.3) is 0 Å². The lowest BCUT2D eigenvalue weighted by atomic mass is 10.1. The summed E-state index contributed by atoms with van der Waals surface area (Å²) < 4.78 is 2.15. The van der Waals surface area contributed by atoms with E-state index in [1.54, 1.807) is 6.07 Å². The van der Waals surface area contributed by atoms with Crippen molar-refractivity contribution in [3.05, 3.63) is 34.3 Å². The second kappa shape index (κ2) is 5.07. The monoisotopic (exact) mass is 326 g/mol. The second-order valence-electron chi connectivity index (χ2n) is 3.70. The second-order valence-corrected chi connectivity index (χ2v) is 4.37. The minimum Gasteiger partial charge on any atom is -0.478 e. The smallest absolute Gasteiger partial charge is 0.340 e. The molecule has 0 aliphatic carbocycles. The standard InChI is InChI=1S/C9H4Cl2N8O2/c10-8-12-14-16-18(8)4-2-1-3-5(6(4)7(20)21)19-9(11)13-15-17-19/h1-3H,(H,20,21). The van der Waals surface area contributed by atoms with Crippen molar-refractivity contribution in [1.82, 2.24) is 40.4 Å². The first kappa shape index (κ1) is 13.4. The van der Waals surface area contributed by atoms with Gasteiger partial charge in [-0.05, 0) is 56.2 Å². The Bertz CT molecular complexity index is 770. The minimum atomic E-state index is -1.24. The molecule has 12 heteroatoms. The van der Waals surface area contributed by atoms with E-state index in [4.69, 9.17) is 23.2 Å². The third-order valence-electron chi connectivity index (χ3n) is 2.55. The van der Waals surface area contributed by atoms with Crippen LogP contribution in [0, 0.1) is 0 Å². The Hall–Kier alpha value is -2.59. The molecule has 21 heavy (non-hydrogen) atoms. The molecule has 2 aromatic heterocycles. The van der Waals surface area contributed by atoms with Crippen molar-refractivity contribution in [2.24, 2.45) is 0 Å². The summed E-state index contributed by atoms with van der Waals surface area (Å²) in [6.07, 6.45) is 0. The van der Waals surface area contributed by atoms with Crippen LogP contribution in [0.25, 0.3) is 11.4 Å². The number of benzene rings is 1. The van der Waals surface area contributed by atoms with Gasteiger partial charge in [-0.2, -0.15) is 9.36 Å². The van der Waals surface area contributed by atoms with Gasteiger partial charge < -0.3 is 5.11 Å². The highest BCUT2D eigenvalue weighted by Crippen LogP contribution is 2.24. The summed E-state index contributed by atoms with van der Waals surface area (Å²) in [6.45, 7) is 0. The Labute approximate surface area is 125 Å². The molecule has 1 aromatic carbocycles. The average Bonchev–Trinajstić information content (AvgIpc) is 3.06. The fourth-order valence-electron chi connectivity index (χ4n) is 1.75. The van der Waals surface area contributed by atoms with E-state index in [1.165, 1.54) is 12.1 Å². The molecule has 106 valence electrons. The normalized spacial score (nSPS) is 10.8. The van der Waals surface area contributed by atoms with Crippen LogP contribution in [-0.2, 0) is 0 Å². The molecule has 0 aliphatic heterocycles. The van der Waals surface area contributed by atoms with E-state index < -0.39 is 5.97 Å². The van der Waals surface area contributed by atoms with Gasteiger partial charge >= 0.3 is 5.97 Å². The summed E-state index contributed by atoms with van der Waals surface area (Å²) in [7, 11) is 0. The largest absolute Gasteiger partial charge is 0.478 e. The van der Waals surface area contributed by atoms with E-state index in [0.29, 0.717) is 0 Å². The van der Waals surface area contributed by atoms with Gasteiger partial charge in [0.05, 0.1) is 11.4 Å². The maximum Gasteiger partial charge on any atom is 0.340 e. The van der Waals surface area contributed by atoms with Gasteiger partial charge in [-0.1, -0.05) is 16.3 Å². The topological polar surface area (TPSA) is 124 Å². The average molecular weight is 327 g/mol. The molecule has 0 unspecified atom stereocenters. The molecule has 0 radical (unpaired) electrons. The molecule has 0 spiro atoms. The van der Waals surface area contributed by atoms with Gasteiger partial charge in [-0.25, -0.2) is 4.79 Å². The van der Waals surface area contributed by atoms with Crippen LogP contribution >= 0.6 is 23.2 Å². The molecule has 0 bridgehead atoms. The quantitative estimate of drug-likeness (QED) is 0.743. The zero-order valence-corrected chi connectivity index (χ0v) is 11.4. The number of hydrogen-bond donors (Lipinski definition) is 1. The molecule has 0 amide bonds. The van der Waals surface area contributed by atoms with E-state index >= 15 is 0 Å². The fourth-order valence-corrected chi connectivity index (χ4v) is 2.07. The molecular formula is C9H4Cl2N8O2. The molecule has 3 rings (SSSR count). The van der Waals surface area contributed by atoms with E-state index in [9.17, 15) is 9.90 Å². The number of carboxylic acid groups (broad SMARTS) is 1. The van der Waals surface area contributed by atoms with Crippen molar-refractivity contribution in [1.29, 1.82) is 0 Å². The number of aromatic carboxylic acids is 1. The number of halogens is 2. The third-order valence-corrected chi connectivity index (χ3v) is 3.03. The van der Waals surface area contributed by atoms with Gasteiger partial charge in [-0.3, -0.25) is 0 Å². The van der Waals surface area contributed by atoms with Crippen LogP contribution < -0.4 is 0 Å². The number of hydrogen-bond acceptors (Lipinski definition) is 7. The summed E-state index contributed by atoms with van der Waals surface area (Å²) in [5.74, 6) is -1.24. The fraction of sp³-hybridized carbons (Fsp3) is 0. The van der Waals surface area contributed by atoms with Crippen molar-refractivity contribution in [2.45, 2.75) is 0 Å². The SMILES string of the molecule is O=C(O)c1c(-n2nnnc2Cl)cccc1-n1nnnc1Cl. The summed E-state index contributed by atoms with van der Waals surface area (Å²) in [5.41, 5.74) is 0.157. The molecule has 1 N–H and O–H groups in total. The lowest BCUT2D eigenvalue weighted by Gasteiger charge is -2.10. The molecule has 0 atom stereocenters. The minimum absolute atomic E-state index is 0.0857. The Balaban J connectivity index is 2.31. The van der Waals surface area contributed by atoms with Gasteiger partial charge in [0.1, 0.15) is 5.56 Å². The third kappa shape index (κ3) is 2.19. The molecular weight excluding hydrogens is 323 g/mol. The van der Waals surface area contributed by atoms with E-state index in [1.807, 2.05) is 0 Å². The number of aromatic nitrogens is 8. The molecule has 2 heterocycles. The van der Waals surface area contributed by atoms with Crippen molar-refractivity contribution < 1.29 is 9.90 Å². The maximum atomic E-state index is 11.6. The summed E-state index contributed by atoms with van der Waals surface area (Å²) in [5, 5.41) is 30.3. The van der Waals surface area contributed by atoms with Crippen LogP contribution in [0.1, 0.15) is 10.4 Å². The zero-order chi connectivity index (χ0) is 15.0. The van der Waals surface area contributed by atoms with E-state index in [2.05, 4.69) is 31.1 Å². The van der Waals surface area contributed by atoms with Crippen LogP contribution in [0.3, 0.4) is 0 Å². The number of carboxylic acids is 1. The van der Waals surface area contributed by atoms with Crippen LogP contribution in [0.15, 0.2) is 18.2 Å². The van der Waals surface area contributed by atoms with Gasteiger partial charge in [0.15, 0.2) is 0 Å². The van der Waals surface area contributed by atoms with Gasteiger partial charge in [0, 0.05) is 0 Å². The first-order valence-electron chi connectivity index (χ1n) is 5.34. The van der Waals surface area contributed by atoms with E-state index in [0.717, 1.165) is 9.36 Å². The lowest BCUT2D eigenvalue weighted by Crippen LogP contribution is -2.12. The number of rotatable bonds is 3. The van der Waals surface area contributed by atoms with Crippen LogP contribution in [-0.4, -0.2) is 51.5 Å². The number of nitrogens with zero attached hydrogens (tertiary/aromatic N) is 8. The predicted octanol–water partition coefficient (Wildman–Crippen LogP) is 0.643. The Morgan fingerprint density at radius 3 is 1.81 bits per heavy atom. The van der Waals surface area contributed by atoms with Crippen molar-refractivity contribution in [2.75, 3.05) is 0 Å². The first-order valence-corrected chi connectivity index (χ1v) is 6.10. The molecule has 0 saturated carbocycles. The van der Waals surface area contributed by atoms with Crippen LogP contribution in [0.5, 0.6) is 0 Å². The molecule has 0 aliphatic rings. The highest BCUT2D eigenvalue weighted by molar-refractivity contribution is 6.29. The molecule has 10 nitrogen and oxygen atoms in total. The van der Waals surface area contributed by atoms with Crippen molar-refractivity contribution >= 4 is 29.2 Å². The summed E-state index contributed by atoms with van der Waals surface area (Å²) in [4.78, 5) is 11.6. The zero-order valence-electron chi connectivity index (χ0n) is 9.92. The lowest BCUT2D eigenvalue weighted by molar-refractivity contribution is 0.0696. The molecule has 0 fully saturated rings. The van der Waals surface area contributed by atoms with Gasteiger partial charge in [0.2, 0.25) is 10.6 Å². The summed E-state index contributed by atoms with van der Waals surface area (Å²) >= 11 is 11.6. The van der Waals surface area contributed by atoms with Crippen molar-refractivity contribution in [3.63, 3.8) is 0 Å².